The summed E-state index contributed by atoms with van der Waals surface area (Å²) in [5.74, 6) is -3.80. The van der Waals surface area contributed by atoms with E-state index in [4.69, 9.17) is 4.74 Å². The molecule has 1 aromatic heterocycles. The first-order valence-electron chi connectivity index (χ1n) is 16.3. The second-order valence-corrected chi connectivity index (χ2v) is 14.0. The molecule has 45 heavy (non-hydrogen) atoms. The Morgan fingerprint density at radius 1 is 1.16 bits per heavy atom. The Balaban J connectivity index is 1.12. The lowest BCUT2D eigenvalue weighted by Gasteiger charge is -2.48. The van der Waals surface area contributed by atoms with E-state index in [2.05, 4.69) is 46.6 Å². The predicted molar refractivity (Wildman–Crippen MR) is 167 cm³/mol. The van der Waals surface area contributed by atoms with Crippen molar-refractivity contribution in [3.63, 3.8) is 0 Å². The number of nitrogens with one attached hydrogen (secondary N) is 2. The molecule has 3 N–H and O–H groups in total. The number of ether oxygens (including phenoxy) is 1. The van der Waals surface area contributed by atoms with Gasteiger partial charge in [-0.1, -0.05) is 56.3 Å². The number of likely N-dealkylation sites (tertiary alicyclic amines) is 1. The molecule has 4 aliphatic heterocycles. The average Bonchev–Trinajstić information content (AvgIpc) is 3.74. The number of likely N-dealkylation sites (N-methyl/N-ethyl adjacent to an activating group) is 1. The van der Waals surface area contributed by atoms with Crippen molar-refractivity contribution in [3.8, 4) is 0 Å². The van der Waals surface area contributed by atoms with Crippen molar-refractivity contribution >= 4 is 28.6 Å². The number of rotatable bonds is 5. The highest BCUT2D eigenvalue weighted by Crippen LogP contribution is 2.49. The molecule has 2 aromatic carbocycles. The molecule has 236 valence electrons. The maximum atomic E-state index is 14.6. The fourth-order valence-electron chi connectivity index (χ4n) is 8.99. The van der Waals surface area contributed by atoms with Crippen LogP contribution in [0.5, 0.6) is 0 Å². The Hall–Kier alpha value is -3.73. The normalized spacial score (nSPS) is 34.3. The number of aromatic amines is 1. The van der Waals surface area contributed by atoms with E-state index in [1.54, 1.807) is 4.90 Å². The Bertz CT molecular complexity index is 1690. The van der Waals surface area contributed by atoms with Gasteiger partial charge in [-0.15, -0.1) is 0 Å². The Morgan fingerprint density at radius 3 is 2.73 bits per heavy atom. The van der Waals surface area contributed by atoms with Crippen LogP contribution in [-0.4, -0.2) is 92.4 Å². The number of carbonyl (C=O) groups excluding carboxylic acids is 3. The third-order valence-electron chi connectivity index (χ3n) is 11.2. The van der Waals surface area contributed by atoms with Crippen molar-refractivity contribution in [2.45, 2.75) is 81.6 Å². The molecular weight excluding hydrogens is 570 g/mol. The predicted octanol–water partition coefficient (Wildman–Crippen LogP) is 2.72. The van der Waals surface area contributed by atoms with E-state index in [9.17, 15) is 19.5 Å². The number of nitrogens with zero attached hydrogens (tertiary/aromatic N) is 3. The van der Waals surface area contributed by atoms with Gasteiger partial charge in [0.25, 0.3) is 11.8 Å². The molecule has 3 aromatic rings. The SMILES string of the molecule is CC(C)[C@@]1(NC(=O)[C@@H]2C[C@H]3c4cccc5[nH]cc(c45)C[C@@H]3N(C)C2)O[C@@]2(O)[C@H]3CCCN3C(=O)[C@@H](Cc3ccccc3)N2C1=O. The van der Waals surface area contributed by atoms with Crippen molar-refractivity contribution in [2.24, 2.45) is 11.8 Å². The Labute approximate surface area is 262 Å². The van der Waals surface area contributed by atoms with Gasteiger partial charge in [-0.05, 0) is 55.5 Å². The van der Waals surface area contributed by atoms with Gasteiger partial charge in [0, 0.05) is 54.5 Å². The number of piperidine rings is 1. The molecule has 5 aliphatic rings. The van der Waals surface area contributed by atoms with Crippen molar-refractivity contribution < 1.29 is 24.2 Å². The lowest BCUT2D eigenvalue weighted by molar-refractivity contribution is -0.321. The molecule has 8 rings (SSSR count). The van der Waals surface area contributed by atoms with E-state index in [-0.39, 0.29) is 30.2 Å². The van der Waals surface area contributed by atoms with Crippen molar-refractivity contribution in [2.75, 3.05) is 20.1 Å². The molecule has 10 heteroatoms. The third-order valence-corrected chi connectivity index (χ3v) is 11.2. The standard InChI is InChI=1S/C35H41N5O5/c1-20(2)34(37-31(41)23-16-25-24-11-7-12-26-30(24)22(18-36-26)17-27(25)38(3)19-23)33(43)40-28(15-21-9-5-4-6-10-21)32(42)39-14-8-13-29(39)35(40,44)45-34/h4-7,9-12,18,20,23,25,27-29,36,44H,8,13-17,19H2,1-3H3,(H,37,41)/t23-,25+,27+,28-,29-,34-,35+/m1/s1. The molecular formula is C35H41N5O5. The van der Waals surface area contributed by atoms with Crippen LogP contribution in [-0.2, 0) is 32.0 Å². The number of aliphatic hydroxyl groups is 1. The van der Waals surface area contributed by atoms with Crippen molar-refractivity contribution in [1.82, 2.24) is 25.0 Å². The molecule has 0 saturated carbocycles. The maximum absolute atomic E-state index is 14.6. The van der Waals surface area contributed by atoms with E-state index in [1.807, 2.05) is 44.2 Å². The van der Waals surface area contributed by atoms with Gasteiger partial charge in [0.05, 0.1) is 5.92 Å². The van der Waals surface area contributed by atoms with E-state index >= 15 is 0 Å². The molecule has 5 heterocycles. The first-order chi connectivity index (χ1) is 21.6. The summed E-state index contributed by atoms with van der Waals surface area (Å²) in [5.41, 5.74) is 2.75. The number of hydrogen-bond donors (Lipinski definition) is 3. The monoisotopic (exact) mass is 611 g/mol. The van der Waals surface area contributed by atoms with Gasteiger partial charge < -0.3 is 25.2 Å². The zero-order valence-corrected chi connectivity index (χ0v) is 26.0. The number of benzene rings is 2. The highest BCUT2D eigenvalue weighted by molar-refractivity contribution is 5.98. The lowest BCUT2D eigenvalue weighted by Crippen LogP contribution is -2.71. The first kappa shape index (κ1) is 28.7. The zero-order chi connectivity index (χ0) is 31.2. The molecule has 0 radical (unpaired) electrons. The highest BCUT2D eigenvalue weighted by atomic mass is 16.7. The van der Waals surface area contributed by atoms with E-state index in [0.717, 1.165) is 17.5 Å². The van der Waals surface area contributed by atoms with Crippen LogP contribution in [0, 0.1) is 11.8 Å². The molecule has 10 nitrogen and oxygen atoms in total. The number of piperazine rings is 1. The van der Waals surface area contributed by atoms with Crippen LogP contribution in [0.4, 0.5) is 0 Å². The van der Waals surface area contributed by atoms with Crippen LogP contribution in [0.15, 0.2) is 54.7 Å². The fraction of sp³-hybridized carbons (Fsp3) is 0.514. The molecule has 1 aliphatic carbocycles. The molecule has 0 bridgehead atoms. The highest BCUT2D eigenvalue weighted by Gasteiger charge is 2.72. The molecule has 4 saturated heterocycles. The van der Waals surface area contributed by atoms with E-state index in [1.165, 1.54) is 21.4 Å². The Morgan fingerprint density at radius 2 is 1.96 bits per heavy atom. The number of amides is 3. The third kappa shape index (κ3) is 4.08. The molecule has 7 atom stereocenters. The second-order valence-electron chi connectivity index (χ2n) is 14.0. The van der Waals surface area contributed by atoms with Crippen LogP contribution in [0.2, 0.25) is 0 Å². The first-order valence-corrected chi connectivity index (χ1v) is 16.3. The van der Waals surface area contributed by atoms with Crippen LogP contribution in [0.3, 0.4) is 0 Å². The van der Waals surface area contributed by atoms with Gasteiger partial charge >= 0.3 is 0 Å². The smallest absolute Gasteiger partial charge is 0.281 e. The summed E-state index contributed by atoms with van der Waals surface area (Å²) < 4.78 is 6.51. The van der Waals surface area contributed by atoms with Gasteiger partial charge in [-0.3, -0.25) is 24.0 Å². The number of hydrogen-bond acceptors (Lipinski definition) is 6. The Kier molecular flexibility index (Phi) is 6.47. The van der Waals surface area contributed by atoms with Crippen LogP contribution in [0.1, 0.15) is 55.7 Å². The second kappa shape index (κ2) is 10.1. The van der Waals surface area contributed by atoms with Crippen LogP contribution < -0.4 is 5.32 Å². The fourth-order valence-corrected chi connectivity index (χ4v) is 8.99. The van der Waals surface area contributed by atoms with Gasteiger partial charge in [0.1, 0.15) is 12.1 Å². The molecule has 3 amide bonds. The van der Waals surface area contributed by atoms with Gasteiger partial charge in [0.15, 0.2) is 0 Å². The van der Waals surface area contributed by atoms with Gasteiger partial charge in [-0.2, -0.15) is 0 Å². The van der Waals surface area contributed by atoms with Gasteiger partial charge in [-0.25, -0.2) is 0 Å². The maximum Gasteiger partial charge on any atom is 0.281 e. The molecule has 0 unspecified atom stereocenters. The summed E-state index contributed by atoms with van der Waals surface area (Å²) in [6.45, 7) is 4.68. The number of aromatic nitrogens is 1. The van der Waals surface area contributed by atoms with Crippen molar-refractivity contribution in [3.05, 3.63) is 71.4 Å². The minimum absolute atomic E-state index is 0.164. The van der Waals surface area contributed by atoms with Crippen LogP contribution in [0.25, 0.3) is 10.9 Å². The minimum Gasteiger partial charge on any atom is -0.361 e. The van der Waals surface area contributed by atoms with Gasteiger partial charge in [0.2, 0.25) is 17.5 Å². The quantitative estimate of drug-likeness (QED) is 0.409. The summed E-state index contributed by atoms with van der Waals surface area (Å²) >= 11 is 0. The van der Waals surface area contributed by atoms with E-state index in [0.29, 0.717) is 32.4 Å². The minimum atomic E-state index is -2.04. The molecule has 4 fully saturated rings. The summed E-state index contributed by atoms with van der Waals surface area (Å²) in [4.78, 5) is 51.4. The summed E-state index contributed by atoms with van der Waals surface area (Å²) in [6.07, 6.45) is 5.12. The molecule has 0 spiro atoms. The summed E-state index contributed by atoms with van der Waals surface area (Å²) in [5, 5.41) is 16.6. The summed E-state index contributed by atoms with van der Waals surface area (Å²) in [7, 11) is 2.07. The zero-order valence-electron chi connectivity index (χ0n) is 26.0. The van der Waals surface area contributed by atoms with Crippen LogP contribution >= 0.6 is 0 Å². The number of H-pyrrole nitrogens is 1. The largest absolute Gasteiger partial charge is 0.361 e. The topological polar surface area (TPSA) is 118 Å². The summed E-state index contributed by atoms with van der Waals surface area (Å²) in [6, 6.07) is 14.5. The number of fused-ring (bicyclic) bond motifs is 5. The van der Waals surface area contributed by atoms with E-state index < -0.39 is 41.5 Å². The van der Waals surface area contributed by atoms with Crippen molar-refractivity contribution in [1.29, 1.82) is 0 Å². The average molecular weight is 612 g/mol. The number of carbonyl (C=O) groups is 3. The lowest BCUT2D eigenvalue weighted by atomic mass is 9.72.